The largest absolute Gasteiger partial charge is 0.465 e. The predicted molar refractivity (Wildman–Crippen MR) is 105 cm³/mol. The molecule has 0 bridgehead atoms. The molecule has 0 heterocycles. The molecule has 152 valence electrons. The molecule has 0 aromatic heterocycles. The highest BCUT2D eigenvalue weighted by atomic mass is 16.5. The smallest absolute Gasteiger partial charge is 0.309 e. The summed E-state index contributed by atoms with van der Waals surface area (Å²) < 4.78 is 10.9. The fourth-order valence-corrected chi connectivity index (χ4v) is 3.63. The molecule has 0 spiro atoms. The molecule has 2 atom stereocenters. The molecule has 1 fully saturated rings. The van der Waals surface area contributed by atoms with Gasteiger partial charge in [-0.1, -0.05) is 65.7 Å². The highest BCUT2D eigenvalue weighted by molar-refractivity contribution is 5.82. The van der Waals surface area contributed by atoms with Crippen molar-refractivity contribution < 1.29 is 19.1 Å². The van der Waals surface area contributed by atoms with Crippen molar-refractivity contribution in [3.63, 3.8) is 0 Å². The van der Waals surface area contributed by atoms with Crippen LogP contribution in [0.25, 0.3) is 0 Å². The number of ether oxygens (including phenoxy) is 2. The van der Waals surface area contributed by atoms with E-state index in [-0.39, 0.29) is 23.8 Å². The Morgan fingerprint density at radius 1 is 0.808 bits per heavy atom. The van der Waals surface area contributed by atoms with E-state index in [0.29, 0.717) is 19.1 Å². The third-order valence-electron chi connectivity index (χ3n) is 5.28. The molecular formula is C22H40O4. The number of hydrogen-bond donors (Lipinski definition) is 0. The summed E-state index contributed by atoms with van der Waals surface area (Å²) in [4.78, 5) is 24.8. The summed E-state index contributed by atoms with van der Waals surface area (Å²) >= 11 is 0. The Morgan fingerprint density at radius 2 is 1.31 bits per heavy atom. The van der Waals surface area contributed by atoms with Gasteiger partial charge in [-0.15, -0.1) is 0 Å². The Balaban J connectivity index is 2.29. The lowest BCUT2D eigenvalue weighted by molar-refractivity contribution is -0.163. The van der Waals surface area contributed by atoms with Crippen LogP contribution >= 0.6 is 0 Å². The van der Waals surface area contributed by atoms with E-state index in [1.807, 2.05) is 0 Å². The molecule has 0 amide bonds. The van der Waals surface area contributed by atoms with Gasteiger partial charge >= 0.3 is 11.9 Å². The minimum absolute atomic E-state index is 0.192. The van der Waals surface area contributed by atoms with E-state index >= 15 is 0 Å². The minimum Gasteiger partial charge on any atom is -0.465 e. The summed E-state index contributed by atoms with van der Waals surface area (Å²) in [6.45, 7) is 7.49. The van der Waals surface area contributed by atoms with E-state index < -0.39 is 0 Å². The van der Waals surface area contributed by atoms with Crippen LogP contribution in [0.4, 0.5) is 0 Å². The van der Waals surface area contributed by atoms with Crippen LogP contribution in [-0.4, -0.2) is 25.2 Å². The highest BCUT2D eigenvalue weighted by Gasteiger charge is 2.37. The molecule has 4 heteroatoms. The summed E-state index contributed by atoms with van der Waals surface area (Å²) in [6.07, 6.45) is 12.5. The SMILES string of the molecule is CCCCCCCCOC(=O)C1CCCCC1C(=O)OCCCC(C)C. The topological polar surface area (TPSA) is 52.6 Å². The number of unbranched alkanes of at least 4 members (excludes halogenated alkanes) is 5. The monoisotopic (exact) mass is 368 g/mol. The fraction of sp³-hybridized carbons (Fsp3) is 0.909. The average Bonchev–Trinajstić information content (AvgIpc) is 2.64. The van der Waals surface area contributed by atoms with Gasteiger partial charge in [0.05, 0.1) is 25.0 Å². The molecule has 4 nitrogen and oxygen atoms in total. The van der Waals surface area contributed by atoms with Gasteiger partial charge in [0.25, 0.3) is 0 Å². The maximum atomic E-state index is 12.4. The second-order valence-electron chi connectivity index (χ2n) is 8.14. The van der Waals surface area contributed by atoms with Gasteiger partial charge in [-0.3, -0.25) is 9.59 Å². The number of carbonyl (C=O) groups is 2. The van der Waals surface area contributed by atoms with Crippen LogP contribution in [0, 0.1) is 17.8 Å². The number of rotatable bonds is 13. The third-order valence-corrected chi connectivity index (χ3v) is 5.28. The maximum absolute atomic E-state index is 12.4. The van der Waals surface area contributed by atoms with Gasteiger partial charge in [0.2, 0.25) is 0 Å². The first-order valence-corrected chi connectivity index (χ1v) is 10.9. The lowest BCUT2D eigenvalue weighted by Gasteiger charge is -2.28. The van der Waals surface area contributed by atoms with E-state index in [2.05, 4.69) is 20.8 Å². The molecular weight excluding hydrogens is 328 g/mol. The predicted octanol–water partition coefficient (Wildman–Crippen LogP) is 5.68. The molecule has 0 aromatic rings. The van der Waals surface area contributed by atoms with Crippen LogP contribution in [0.2, 0.25) is 0 Å². The van der Waals surface area contributed by atoms with E-state index in [1.165, 1.54) is 25.7 Å². The summed E-state index contributed by atoms with van der Waals surface area (Å²) in [6, 6.07) is 0. The molecule has 0 aromatic carbocycles. The van der Waals surface area contributed by atoms with Crippen LogP contribution < -0.4 is 0 Å². The highest BCUT2D eigenvalue weighted by Crippen LogP contribution is 2.32. The summed E-state index contributed by atoms with van der Waals surface area (Å²) in [5.74, 6) is -0.383. The van der Waals surface area contributed by atoms with E-state index in [9.17, 15) is 9.59 Å². The van der Waals surface area contributed by atoms with Gasteiger partial charge in [-0.2, -0.15) is 0 Å². The van der Waals surface area contributed by atoms with Gasteiger partial charge in [0.15, 0.2) is 0 Å². The normalized spacial score (nSPS) is 20.2. The van der Waals surface area contributed by atoms with E-state index in [0.717, 1.165) is 51.4 Å². The van der Waals surface area contributed by atoms with Gasteiger partial charge in [-0.05, 0) is 38.0 Å². The Bertz CT molecular complexity index is 392. The van der Waals surface area contributed by atoms with Crippen molar-refractivity contribution in [2.45, 2.75) is 97.8 Å². The molecule has 0 saturated heterocycles. The molecule has 0 radical (unpaired) electrons. The Labute approximate surface area is 160 Å². The van der Waals surface area contributed by atoms with Crippen LogP contribution in [0.15, 0.2) is 0 Å². The second-order valence-corrected chi connectivity index (χ2v) is 8.14. The van der Waals surface area contributed by atoms with Crippen molar-refractivity contribution in [3.05, 3.63) is 0 Å². The summed E-state index contributed by atoms with van der Waals surface area (Å²) in [5.41, 5.74) is 0. The van der Waals surface area contributed by atoms with Crippen LogP contribution in [0.1, 0.15) is 97.8 Å². The molecule has 1 saturated carbocycles. The average molecular weight is 369 g/mol. The van der Waals surface area contributed by atoms with Crippen LogP contribution in [-0.2, 0) is 19.1 Å². The molecule has 26 heavy (non-hydrogen) atoms. The Kier molecular flexibility index (Phi) is 12.4. The van der Waals surface area contributed by atoms with Gasteiger partial charge < -0.3 is 9.47 Å². The summed E-state index contributed by atoms with van der Waals surface area (Å²) in [7, 11) is 0. The molecule has 1 aliphatic carbocycles. The van der Waals surface area contributed by atoms with Gasteiger partial charge in [0, 0.05) is 0 Å². The lowest BCUT2D eigenvalue weighted by atomic mass is 9.79. The molecule has 2 unspecified atom stereocenters. The quantitative estimate of drug-likeness (QED) is 0.310. The second kappa shape index (κ2) is 14.1. The first-order chi connectivity index (χ1) is 12.6. The van der Waals surface area contributed by atoms with Gasteiger partial charge in [0.1, 0.15) is 0 Å². The Hall–Kier alpha value is -1.06. The van der Waals surface area contributed by atoms with Crippen LogP contribution in [0.3, 0.4) is 0 Å². The molecule has 1 rings (SSSR count). The van der Waals surface area contributed by atoms with Crippen molar-refractivity contribution in [1.82, 2.24) is 0 Å². The first kappa shape index (κ1) is 23.0. The number of hydrogen-bond acceptors (Lipinski definition) is 4. The van der Waals surface area contributed by atoms with Gasteiger partial charge in [-0.25, -0.2) is 0 Å². The molecule has 1 aliphatic rings. The van der Waals surface area contributed by atoms with Crippen LogP contribution in [0.5, 0.6) is 0 Å². The maximum Gasteiger partial charge on any atom is 0.309 e. The van der Waals surface area contributed by atoms with Crippen molar-refractivity contribution in [2.75, 3.05) is 13.2 Å². The molecule has 0 aliphatic heterocycles. The van der Waals surface area contributed by atoms with Crippen molar-refractivity contribution in [2.24, 2.45) is 17.8 Å². The standard InChI is InChI=1S/C22H40O4/c1-4-5-6-7-8-11-16-25-21(23)19-14-9-10-15-20(19)22(24)26-17-12-13-18(2)3/h18-20H,4-17H2,1-3H3. The number of esters is 2. The van der Waals surface area contributed by atoms with Crippen molar-refractivity contribution >= 4 is 11.9 Å². The lowest BCUT2D eigenvalue weighted by Crippen LogP contribution is -2.35. The van der Waals surface area contributed by atoms with E-state index in [1.54, 1.807) is 0 Å². The third kappa shape index (κ3) is 9.59. The fourth-order valence-electron chi connectivity index (χ4n) is 3.63. The molecule has 0 N–H and O–H groups in total. The van der Waals surface area contributed by atoms with Crippen molar-refractivity contribution in [1.29, 1.82) is 0 Å². The zero-order valence-electron chi connectivity index (χ0n) is 17.3. The van der Waals surface area contributed by atoms with E-state index in [4.69, 9.17) is 9.47 Å². The Morgan fingerprint density at radius 3 is 1.85 bits per heavy atom. The van der Waals surface area contributed by atoms with Crippen molar-refractivity contribution in [3.8, 4) is 0 Å². The zero-order chi connectivity index (χ0) is 19.2. The zero-order valence-corrected chi connectivity index (χ0v) is 17.3. The first-order valence-electron chi connectivity index (χ1n) is 10.9. The minimum atomic E-state index is -0.306. The summed E-state index contributed by atoms with van der Waals surface area (Å²) in [5, 5.41) is 0. The number of carbonyl (C=O) groups excluding carboxylic acids is 2.